The SMILES string of the molecule is Cc1[nH]cnc1CN1C[C@H]2CC[C@@H](C1)N(Cc1ccc3c(c1)OCO3)C2. The highest BCUT2D eigenvalue weighted by Gasteiger charge is 2.35. The Labute approximate surface area is 154 Å². The molecule has 4 aliphatic rings. The second kappa shape index (κ2) is 6.59. The minimum Gasteiger partial charge on any atom is -0.454 e. The van der Waals surface area contributed by atoms with E-state index in [0.29, 0.717) is 12.8 Å². The zero-order chi connectivity index (χ0) is 17.5. The van der Waals surface area contributed by atoms with Crippen molar-refractivity contribution >= 4 is 0 Å². The van der Waals surface area contributed by atoms with Gasteiger partial charge < -0.3 is 14.5 Å². The largest absolute Gasteiger partial charge is 0.454 e. The number of ether oxygens (including phenoxy) is 2. The van der Waals surface area contributed by atoms with Crippen LogP contribution in [0.2, 0.25) is 0 Å². The molecule has 0 spiro atoms. The minimum absolute atomic E-state index is 0.342. The van der Waals surface area contributed by atoms with Crippen molar-refractivity contribution in [2.75, 3.05) is 26.4 Å². The van der Waals surface area contributed by atoms with Gasteiger partial charge in [0, 0.05) is 44.5 Å². The average Bonchev–Trinajstić information content (AvgIpc) is 3.16. The van der Waals surface area contributed by atoms with E-state index in [-0.39, 0.29) is 0 Å². The highest BCUT2D eigenvalue weighted by molar-refractivity contribution is 5.44. The zero-order valence-corrected chi connectivity index (χ0v) is 15.3. The van der Waals surface area contributed by atoms with Crippen LogP contribution in [0.4, 0.5) is 0 Å². The van der Waals surface area contributed by atoms with Crippen LogP contribution in [0.25, 0.3) is 0 Å². The molecule has 6 rings (SSSR count). The number of nitrogens with zero attached hydrogens (tertiary/aromatic N) is 3. The number of nitrogens with one attached hydrogen (secondary N) is 1. The van der Waals surface area contributed by atoms with Crippen molar-refractivity contribution in [3.05, 3.63) is 41.5 Å². The molecule has 0 saturated carbocycles. The summed E-state index contributed by atoms with van der Waals surface area (Å²) in [5, 5.41) is 0. The van der Waals surface area contributed by atoms with Crippen LogP contribution in [0, 0.1) is 12.8 Å². The highest BCUT2D eigenvalue weighted by Crippen LogP contribution is 2.34. The lowest BCUT2D eigenvalue weighted by atomic mass is 9.94. The molecule has 2 atom stereocenters. The molecule has 6 nitrogen and oxygen atoms in total. The molecular weight excluding hydrogens is 328 g/mol. The molecule has 0 unspecified atom stereocenters. The summed E-state index contributed by atoms with van der Waals surface area (Å²) in [5.41, 5.74) is 3.70. The van der Waals surface area contributed by atoms with Gasteiger partial charge in [0.1, 0.15) is 0 Å². The Hall–Kier alpha value is -2.05. The summed E-state index contributed by atoms with van der Waals surface area (Å²) >= 11 is 0. The predicted octanol–water partition coefficient (Wildman–Crippen LogP) is 2.54. The van der Waals surface area contributed by atoms with E-state index < -0.39 is 0 Å². The number of benzene rings is 1. The predicted molar refractivity (Wildman–Crippen MR) is 98.1 cm³/mol. The number of rotatable bonds is 4. The number of aromatic amines is 1. The molecule has 1 N–H and O–H groups in total. The van der Waals surface area contributed by atoms with Crippen molar-refractivity contribution < 1.29 is 9.47 Å². The van der Waals surface area contributed by atoms with Gasteiger partial charge in [-0.15, -0.1) is 0 Å². The summed E-state index contributed by atoms with van der Waals surface area (Å²) in [5.74, 6) is 2.51. The molecule has 1 aromatic heterocycles. The van der Waals surface area contributed by atoms with Crippen LogP contribution in [-0.2, 0) is 13.1 Å². The number of aromatic nitrogens is 2. The molecule has 1 aromatic carbocycles. The van der Waals surface area contributed by atoms with Gasteiger partial charge in [0.2, 0.25) is 6.79 Å². The fourth-order valence-electron chi connectivity index (χ4n) is 4.63. The highest BCUT2D eigenvalue weighted by atomic mass is 16.7. The summed E-state index contributed by atoms with van der Waals surface area (Å²) in [7, 11) is 0. The Balaban J connectivity index is 1.29. The maximum Gasteiger partial charge on any atom is 0.231 e. The number of hydrogen-bond donors (Lipinski definition) is 1. The number of aryl methyl sites for hydroxylation is 1. The number of hydrogen-bond acceptors (Lipinski definition) is 5. The normalized spacial score (nSPS) is 25.6. The fraction of sp³-hybridized carbons (Fsp3) is 0.550. The van der Waals surface area contributed by atoms with Gasteiger partial charge in [-0.2, -0.15) is 0 Å². The first-order chi connectivity index (χ1) is 12.7. The lowest BCUT2D eigenvalue weighted by Crippen LogP contribution is -2.43. The third kappa shape index (κ3) is 3.08. The number of H-pyrrole nitrogens is 1. The van der Waals surface area contributed by atoms with Crippen molar-refractivity contribution in [1.29, 1.82) is 0 Å². The molecule has 0 amide bonds. The minimum atomic E-state index is 0.342. The van der Waals surface area contributed by atoms with E-state index in [9.17, 15) is 0 Å². The van der Waals surface area contributed by atoms with Gasteiger partial charge in [0.15, 0.2) is 11.5 Å². The Morgan fingerprint density at radius 1 is 1.12 bits per heavy atom. The molecule has 26 heavy (non-hydrogen) atoms. The molecule has 138 valence electrons. The van der Waals surface area contributed by atoms with E-state index in [2.05, 4.69) is 38.8 Å². The van der Waals surface area contributed by atoms with E-state index in [1.54, 1.807) is 0 Å². The Morgan fingerprint density at radius 2 is 2.04 bits per heavy atom. The van der Waals surface area contributed by atoms with Gasteiger partial charge in [-0.25, -0.2) is 4.98 Å². The van der Waals surface area contributed by atoms with Gasteiger partial charge in [-0.05, 0) is 43.4 Å². The molecule has 4 aliphatic heterocycles. The van der Waals surface area contributed by atoms with Gasteiger partial charge in [-0.1, -0.05) is 6.07 Å². The topological polar surface area (TPSA) is 53.6 Å². The lowest BCUT2D eigenvalue weighted by Gasteiger charge is -2.36. The first kappa shape index (κ1) is 16.1. The number of imidazole rings is 1. The van der Waals surface area contributed by atoms with E-state index in [4.69, 9.17) is 9.47 Å². The smallest absolute Gasteiger partial charge is 0.231 e. The van der Waals surface area contributed by atoms with Gasteiger partial charge >= 0.3 is 0 Å². The summed E-state index contributed by atoms with van der Waals surface area (Å²) in [4.78, 5) is 13.0. The molecule has 0 radical (unpaired) electrons. The third-order valence-corrected chi connectivity index (χ3v) is 6.03. The van der Waals surface area contributed by atoms with E-state index >= 15 is 0 Å². The maximum absolute atomic E-state index is 5.54. The van der Waals surface area contributed by atoms with Crippen LogP contribution in [0.15, 0.2) is 24.5 Å². The van der Waals surface area contributed by atoms with E-state index in [1.165, 1.54) is 42.9 Å². The maximum atomic E-state index is 5.54. The Bertz CT molecular complexity index is 790. The van der Waals surface area contributed by atoms with Crippen molar-refractivity contribution in [2.24, 2.45) is 5.92 Å². The van der Waals surface area contributed by atoms with Gasteiger partial charge in [0.25, 0.3) is 0 Å². The van der Waals surface area contributed by atoms with Gasteiger partial charge in [0.05, 0.1) is 12.0 Å². The first-order valence-corrected chi connectivity index (χ1v) is 9.58. The quantitative estimate of drug-likeness (QED) is 0.914. The van der Waals surface area contributed by atoms with Crippen molar-refractivity contribution in [1.82, 2.24) is 19.8 Å². The molecule has 2 bridgehead atoms. The molecule has 3 fully saturated rings. The average molecular weight is 354 g/mol. The van der Waals surface area contributed by atoms with Crippen molar-refractivity contribution in [3.63, 3.8) is 0 Å². The van der Waals surface area contributed by atoms with Crippen LogP contribution >= 0.6 is 0 Å². The molecule has 0 aliphatic carbocycles. The Kier molecular flexibility index (Phi) is 4.10. The molecule has 5 heterocycles. The van der Waals surface area contributed by atoms with Crippen molar-refractivity contribution in [3.8, 4) is 11.5 Å². The number of fused-ring (bicyclic) bond motifs is 5. The van der Waals surface area contributed by atoms with Crippen LogP contribution < -0.4 is 9.47 Å². The van der Waals surface area contributed by atoms with Crippen LogP contribution in [0.1, 0.15) is 29.8 Å². The second-order valence-electron chi connectivity index (χ2n) is 7.88. The van der Waals surface area contributed by atoms with Gasteiger partial charge in [-0.3, -0.25) is 9.80 Å². The van der Waals surface area contributed by atoms with Crippen molar-refractivity contribution in [2.45, 2.75) is 38.9 Å². The molecule has 2 aromatic rings. The third-order valence-electron chi connectivity index (χ3n) is 6.03. The molecular formula is C20H26N4O2. The zero-order valence-electron chi connectivity index (χ0n) is 15.3. The molecule has 3 saturated heterocycles. The monoisotopic (exact) mass is 354 g/mol. The van der Waals surface area contributed by atoms with Crippen LogP contribution in [-0.4, -0.2) is 52.2 Å². The second-order valence-corrected chi connectivity index (χ2v) is 7.88. The fourth-order valence-corrected chi connectivity index (χ4v) is 4.63. The van der Waals surface area contributed by atoms with E-state index in [1.807, 2.05) is 12.4 Å². The van der Waals surface area contributed by atoms with E-state index in [0.717, 1.165) is 37.1 Å². The summed E-state index contributed by atoms with van der Waals surface area (Å²) in [6.07, 6.45) is 4.45. The summed E-state index contributed by atoms with van der Waals surface area (Å²) < 4.78 is 11.0. The van der Waals surface area contributed by atoms with Crippen LogP contribution in [0.3, 0.4) is 0 Å². The standard InChI is InChI=1S/C20H26N4O2/c1-14-18(22-12-21-14)11-23-7-16-2-4-17(10-23)24(9-16)8-15-3-5-19-20(6-15)26-13-25-19/h3,5-6,12,16-17H,2,4,7-11,13H2,1H3,(H,21,22)/t16-,17+/m1/s1. The number of piperidine rings is 1. The first-order valence-electron chi connectivity index (χ1n) is 9.58. The molecule has 6 heteroatoms. The lowest BCUT2D eigenvalue weighted by molar-refractivity contribution is 0.123. The summed E-state index contributed by atoms with van der Waals surface area (Å²) in [6.45, 7) is 7.91. The Morgan fingerprint density at radius 3 is 2.92 bits per heavy atom. The summed E-state index contributed by atoms with van der Waals surface area (Å²) in [6, 6.07) is 6.99. The van der Waals surface area contributed by atoms with Crippen LogP contribution in [0.5, 0.6) is 11.5 Å².